The monoisotopic (exact) mass is 404 g/mol. The molecule has 0 atom stereocenters. The zero-order valence-corrected chi connectivity index (χ0v) is 17.1. The van der Waals surface area contributed by atoms with E-state index in [-0.39, 0.29) is 5.82 Å². The Morgan fingerprint density at radius 1 is 0.966 bits per heavy atom. The summed E-state index contributed by atoms with van der Waals surface area (Å²) in [4.78, 5) is 0. The Bertz CT molecular complexity index is 1180. The van der Waals surface area contributed by atoms with Crippen LogP contribution in [-0.2, 0) is 6.54 Å². The lowest BCUT2D eigenvalue weighted by Crippen LogP contribution is -2.20. The first-order valence-electron chi connectivity index (χ1n) is 9.35. The second-order valence-electron chi connectivity index (χ2n) is 6.94. The minimum atomic E-state index is -0.241. The van der Waals surface area contributed by atoms with Gasteiger partial charge in [0, 0.05) is 11.1 Å². The summed E-state index contributed by atoms with van der Waals surface area (Å²) in [6, 6.07) is 20.7. The molecule has 0 aliphatic carbocycles. The number of aromatic nitrogens is 2. The number of nitrogens with zero attached hydrogens (tertiary/aromatic N) is 2. The first-order chi connectivity index (χ1) is 14.0. The number of halogens is 1. The summed E-state index contributed by atoms with van der Waals surface area (Å²) < 4.78 is 15.0. The number of anilines is 2. The van der Waals surface area contributed by atoms with Gasteiger partial charge in [-0.15, -0.1) is 0 Å². The van der Waals surface area contributed by atoms with Gasteiger partial charge in [0.25, 0.3) is 0 Å². The molecule has 0 amide bonds. The molecule has 0 bridgehead atoms. The summed E-state index contributed by atoms with van der Waals surface area (Å²) in [6.45, 7) is 4.50. The maximum Gasteiger partial charge on any atom is 0.175 e. The molecule has 146 valence electrons. The van der Waals surface area contributed by atoms with Gasteiger partial charge in [-0.1, -0.05) is 48.5 Å². The van der Waals surface area contributed by atoms with Crippen LogP contribution in [0.4, 0.5) is 15.8 Å². The molecule has 4 nitrogen and oxygen atoms in total. The van der Waals surface area contributed by atoms with Gasteiger partial charge >= 0.3 is 0 Å². The highest BCUT2D eigenvalue weighted by atomic mass is 32.1. The molecular formula is C23H21FN4S. The third-order valence-electron chi connectivity index (χ3n) is 4.90. The summed E-state index contributed by atoms with van der Waals surface area (Å²) in [7, 11) is 0. The standard InChI is InChI=1S/C23H21FN4S/c1-15-22(16(2)28(27-15)14-17-10-12-19(24)13-11-17)26-23(29)25-21-9-5-7-18-6-3-4-8-20(18)21/h3-13H,14H2,1-2H3,(H2,25,26,29). The van der Waals surface area contributed by atoms with Crippen LogP contribution in [0.5, 0.6) is 0 Å². The van der Waals surface area contributed by atoms with Crippen LogP contribution in [0.25, 0.3) is 10.8 Å². The van der Waals surface area contributed by atoms with E-state index < -0.39 is 0 Å². The molecule has 0 spiro atoms. The summed E-state index contributed by atoms with van der Waals surface area (Å²) in [5, 5.41) is 14.0. The smallest absolute Gasteiger partial charge is 0.175 e. The van der Waals surface area contributed by atoms with Crippen molar-refractivity contribution in [3.63, 3.8) is 0 Å². The van der Waals surface area contributed by atoms with E-state index in [0.717, 1.165) is 39.1 Å². The van der Waals surface area contributed by atoms with E-state index in [1.807, 2.05) is 42.8 Å². The van der Waals surface area contributed by atoms with Crippen LogP contribution in [0, 0.1) is 19.7 Å². The second kappa shape index (κ2) is 8.01. The number of hydrogen-bond donors (Lipinski definition) is 2. The molecule has 3 aromatic carbocycles. The Balaban J connectivity index is 1.52. The van der Waals surface area contributed by atoms with Gasteiger partial charge in [-0.25, -0.2) is 4.39 Å². The number of fused-ring (bicyclic) bond motifs is 1. The molecule has 1 aromatic heterocycles. The summed E-state index contributed by atoms with van der Waals surface area (Å²) in [5.74, 6) is -0.241. The van der Waals surface area contributed by atoms with E-state index >= 15 is 0 Å². The van der Waals surface area contributed by atoms with Crippen LogP contribution < -0.4 is 10.6 Å². The second-order valence-corrected chi connectivity index (χ2v) is 7.34. The summed E-state index contributed by atoms with van der Waals surface area (Å²) >= 11 is 5.55. The van der Waals surface area contributed by atoms with Gasteiger partial charge < -0.3 is 10.6 Å². The van der Waals surface area contributed by atoms with Crippen molar-refractivity contribution in [2.45, 2.75) is 20.4 Å². The maximum atomic E-state index is 13.1. The van der Waals surface area contributed by atoms with Gasteiger partial charge in [-0.05, 0) is 55.2 Å². The van der Waals surface area contributed by atoms with Crippen molar-refractivity contribution >= 4 is 39.5 Å². The molecule has 0 aliphatic rings. The average Bonchev–Trinajstić information content (AvgIpc) is 2.97. The minimum Gasteiger partial charge on any atom is -0.332 e. The van der Waals surface area contributed by atoms with E-state index in [9.17, 15) is 4.39 Å². The van der Waals surface area contributed by atoms with Crippen LogP contribution in [0.15, 0.2) is 66.7 Å². The van der Waals surface area contributed by atoms with Crippen LogP contribution >= 0.6 is 12.2 Å². The number of thiocarbonyl (C=S) groups is 1. The quantitative estimate of drug-likeness (QED) is 0.431. The molecule has 0 unspecified atom stereocenters. The van der Waals surface area contributed by atoms with Crippen LogP contribution in [-0.4, -0.2) is 14.9 Å². The highest BCUT2D eigenvalue weighted by molar-refractivity contribution is 7.80. The van der Waals surface area contributed by atoms with E-state index in [4.69, 9.17) is 12.2 Å². The minimum absolute atomic E-state index is 0.241. The first-order valence-corrected chi connectivity index (χ1v) is 9.76. The molecule has 0 fully saturated rings. The predicted octanol–water partition coefficient (Wildman–Crippen LogP) is 5.65. The van der Waals surface area contributed by atoms with E-state index in [0.29, 0.717) is 11.7 Å². The molecule has 4 aromatic rings. The number of hydrogen-bond acceptors (Lipinski definition) is 2. The molecule has 29 heavy (non-hydrogen) atoms. The molecule has 0 radical (unpaired) electrons. The summed E-state index contributed by atoms with van der Waals surface area (Å²) in [5.41, 5.74) is 4.64. The first kappa shape index (κ1) is 19.1. The third kappa shape index (κ3) is 4.12. The zero-order chi connectivity index (χ0) is 20.4. The Morgan fingerprint density at radius 3 is 2.48 bits per heavy atom. The third-order valence-corrected chi connectivity index (χ3v) is 5.11. The van der Waals surface area contributed by atoms with Crippen LogP contribution in [0.2, 0.25) is 0 Å². The lowest BCUT2D eigenvalue weighted by Gasteiger charge is -2.13. The molecule has 2 N–H and O–H groups in total. The molecule has 0 saturated carbocycles. The fourth-order valence-electron chi connectivity index (χ4n) is 3.40. The van der Waals surface area contributed by atoms with Crippen molar-refractivity contribution in [3.05, 3.63) is 89.5 Å². The Kier molecular flexibility index (Phi) is 5.27. The van der Waals surface area contributed by atoms with Gasteiger partial charge in [0.1, 0.15) is 5.82 Å². The lowest BCUT2D eigenvalue weighted by atomic mass is 10.1. The van der Waals surface area contributed by atoms with Crippen LogP contribution in [0.3, 0.4) is 0 Å². The van der Waals surface area contributed by atoms with E-state index in [2.05, 4.69) is 33.9 Å². The van der Waals surface area contributed by atoms with Gasteiger partial charge in [0.05, 0.1) is 23.6 Å². The molecular weight excluding hydrogens is 383 g/mol. The summed E-state index contributed by atoms with van der Waals surface area (Å²) in [6.07, 6.45) is 0. The van der Waals surface area contributed by atoms with Gasteiger partial charge in [0.2, 0.25) is 0 Å². The van der Waals surface area contributed by atoms with Gasteiger partial charge in [0.15, 0.2) is 5.11 Å². The molecule has 1 heterocycles. The van der Waals surface area contributed by atoms with Crippen molar-refractivity contribution in [3.8, 4) is 0 Å². The Morgan fingerprint density at radius 2 is 1.69 bits per heavy atom. The van der Waals surface area contributed by atoms with Crippen molar-refractivity contribution in [1.82, 2.24) is 9.78 Å². The zero-order valence-electron chi connectivity index (χ0n) is 16.2. The highest BCUT2D eigenvalue weighted by Crippen LogP contribution is 2.24. The number of nitrogens with one attached hydrogen (secondary N) is 2. The number of rotatable bonds is 4. The van der Waals surface area contributed by atoms with Crippen molar-refractivity contribution in [2.75, 3.05) is 10.6 Å². The normalized spacial score (nSPS) is 10.9. The van der Waals surface area contributed by atoms with E-state index in [1.54, 1.807) is 12.1 Å². The molecule has 0 aliphatic heterocycles. The SMILES string of the molecule is Cc1nn(Cc2ccc(F)cc2)c(C)c1NC(=S)Nc1cccc2ccccc12. The predicted molar refractivity (Wildman–Crippen MR) is 121 cm³/mol. The van der Waals surface area contributed by atoms with Crippen molar-refractivity contribution in [1.29, 1.82) is 0 Å². The fourth-order valence-corrected chi connectivity index (χ4v) is 3.61. The van der Waals surface area contributed by atoms with Crippen LogP contribution in [0.1, 0.15) is 17.0 Å². The molecule has 4 rings (SSSR count). The number of benzene rings is 3. The van der Waals surface area contributed by atoms with E-state index in [1.165, 1.54) is 12.1 Å². The van der Waals surface area contributed by atoms with Crippen molar-refractivity contribution in [2.24, 2.45) is 0 Å². The maximum absolute atomic E-state index is 13.1. The van der Waals surface area contributed by atoms with Crippen molar-refractivity contribution < 1.29 is 4.39 Å². The molecule has 0 saturated heterocycles. The highest BCUT2D eigenvalue weighted by Gasteiger charge is 2.13. The fraction of sp³-hybridized carbons (Fsp3) is 0.130. The molecule has 6 heteroatoms. The topological polar surface area (TPSA) is 41.9 Å². The van der Waals surface area contributed by atoms with Gasteiger partial charge in [-0.2, -0.15) is 5.10 Å². The Labute approximate surface area is 174 Å². The largest absolute Gasteiger partial charge is 0.332 e. The number of aryl methyl sites for hydroxylation is 1. The average molecular weight is 405 g/mol. The Hall–Kier alpha value is -3.25. The lowest BCUT2D eigenvalue weighted by molar-refractivity contribution is 0.622. The van der Waals surface area contributed by atoms with Gasteiger partial charge in [-0.3, -0.25) is 4.68 Å².